The molecule has 0 radical (unpaired) electrons. The second kappa shape index (κ2) is 15.9. The first-order chi connectivity index (χ1) is 17.9. The minimum atomic E-state index is -4.33. The highest BCUT2D eigenvalue weighted by Crippen LogP contribution is 2.30. The van der Waals surface area contributed by atoms with Crippen molar-refractivity contribution >= 4 is 19.0 Å². The molecule has 0 saturated carbocycles. The first-order valence-electron chi connectivity index (χ1n) is 12.7. The van der Waals surface area contributed by atoms with Crippen molar-refractivity contribution in [3.05, 3.63) is 70.8 Å². The summed E-state index contributed by atoms with van der Waals surface area (Å²) in [6.07, 6.45) is 0.763. The molecule has 0 bridgehead atoms. The molecule has 3 N–H and O–H groups in total. The first kappa shape index (κ1) is 32.8. The molecule has 0 aliphatic carbocycles. The number of hydrogen-bond acceptors (Lipinski definition) is 4. The van der Waals surface area contributed by atoms with Gasteiger partial charge in [0.25, 0.3) is 0 Å². The Morgan fingerprint density at radius 3 is 2.32 bits per heavy atom. The van der Waals surface area contributed by atoms with E-state index in [0.29, 0.717) is 42.7 Å². The summed E-state index contributed by atoms with van der Waals surface area (Å²) in [5.41, 5.74) is 6.11. The lowest BCUT2D eigenvalue weighted by atomic mass is 9.93. The molecule has 38 heavy (non-hydrogen) atoms. The number of carbonyl (C=O) groups is 2. The summed E-state index contributed by atoms with van der Waals surface area (Å²) >= 11 is 0. The van der Waals surface area contributed by atoms with Gasteiger partial charge < -0.3 is 15.8 Å². The fourth-order valence-corrected chi connectivity index (χ4v) is 4.30. The van der Waals surface area contributed by atoms with Crippen LogP contribution in [0.1, 0.15) is 86.0 Å². The van der Waals surface area contributed by atoms with Gasteiger partial charge in [0.05, 0.1) is 11.7 Å². The number of primary amides is 1. The van der Waals surface area contributed by atoms with Crippen LogP contribution >= 0.6 is 0 Å². The quantitative estimate of drug-likeness (QED) is 0.214. The number of ether oxygens (including phenoxy) is 1. The van der Waals surface area contributed by atoms with Gasteiger partial charge in [-0.05, 0) is 74.1 Å². The number of halogens is 3. The van der Waals surface area contributed by atoms with Crippen LogP contribution < -0.4 is 11.1 Å². The molecule has 9 heteroatoms. The Morgan fingerprint density at radius 1 is 1.18 bits per heavy atom. The summed E-state index contributed by atoms with van der Waals surface area (Å²) in [6, 6.07) is 12.2. The minimum absolute atomic E-state index is 0.187. The highest BCUT2D eigenvalue weighted by molar-refractivity contribution is 5.92. The van der Waals surface area contributed by atoms with Crippen LogP contribution in [0.4, 0.5) is 13.2 Å². The van der Waals surface area contributed by atoms with Crippen molar-refractivity contribution in [3.8, 4) is 0 Å². The van der Waals surface area contributed by atoms with Crippen LogP contribution in [0.3, 0.4) is 0 Å². The average Bonchev–Trinajstić information content (AvgIpc) is 2.87. The van der Waals surface area contributed by atoms with Crippen LogP contribution in [0.5, 0.6) is 0 Å². The predicted molar refractivity (Wildman–Crippen MR) is 145 cm³/mol. The number of aliphatic imine (C=N–C) groups is 1. The zero-order valence-corrected chi connectivity index (χ0v) is 22.7. The molecule has 2 amide bonds. The van der Waals surface area contributed by atoms with E-state index in [2.05, 4.69) is 37.8 Å². The number of alkyl halides is 3. The zero-order valence-electron chi connectivity index (χ0n) is 22.7. The van der Waals surface area contributed by atoms with Crippen molar-refractivity contribution in [3.63, 3.8) is 0 Å². The molecular weight excluding hydrogens is 495 g/mol. The summed E-state index contributed by atoms with van der Waals surface area (Å²) in [5, 5.41) is 2.77. The van der Waals surface area contributed by atoms with Crippen LogP contribution in [-0.4, -0.2) is 31.8 Å². The number of methoxy groups -OCH3 is 1. The van der Waals surface area contributed by atoms with E-state index in [1.807, 2.05) is 0 Å². The lowest BCUT2D eigenvalue weighted by Crippen LogP contribution is -2.43. The summed E-state index contributed by atoms with van der Waals surface area (Å²) < 4.78 is 43.6. The molecule has 0 aliphatic rings. The van der Waals surface area contributed by atoms with E-state index >= 15 is 0 Å². The molecule has 0 saturated heterocycles. The second-order valence-electron chi connectivity index (χ2n) is 9.60. The molecule has 2 unspecified atom stereocenters. The lowest BCUT2D eigenvalue weighted by molar-refractivity contribution is -0.137. The summed E-state index contributed by atoms with van der Waals surface area (Å²) in [4.78, 5) is 25.6. The fraction of sp³-hybridized carbons (Fsp3) is 0.483. The Kier molecular flexibility index (Phi) is 13.7. The van der Waals surface area contributed by atoms with E-state index in [9.17, 15) is 22.8 Å². The van der Waals surface area contributed by atoms with Gasteiger partial charge in [0.2, 0.25) is 12.3 Å². The number of nitrogens with zero attached hydrogens (tertiary/aromatic N) is 1. The average molecular weight is 536 g/mol. The van der Waals surface area contributed by atoms with Gasteiger partial charge in [-0.3, -0.25) is 14.6 Å². The van der Waals surface area contributed by atoms with Crippen LogP contribution in [0.25, 0.3) is 0 Å². The van der Waals surface area contributed by atoms with Crippen LogP contribution in [0, 0.1) is 5.92 Å². The maximum absolute atomic E-state index is 12.7. The van der Waals surface area contributed by atoms with Gasteiger partial charge in [0, 0.05) is 12.7 Å². The number of nitrogens with one attached hydrogen (secondary N) is 1. The molecule has 210 valence electrons. The number of carbonyl (C=O) groups excluding carboxylic acids is 2. The third-order valence-electron chi connectivity index (χ3n) is 6.08. The molecule has 0 spiro atoms. The summed E-state index contributed by atoms with van der Waals surface area (Å²) in [6.45, 7) is 9.85. The van der Waals surface area contributed by atoms with Gasteiger partial charge in [0.15, 0.2) is 0 Å². The van der Waals surface area contributed by atoms with Gasteiger partial charge in [-0.2, -0.15) is 13.2 Å². The van der Waals surface area contributed by atoms with Gasteiger partial charge in [0.1, 0.15) is 5.66 Å². The maximum atomic E-state index is 12.7. The molecule has 0 heterocycles. The molecule has 0 fully saturated rings. The molecular formula is C29H40F3N3O3. The number of hydrogen-bond donors (Lipinski definition) is 2. The predicted octanol–water partition coefficient (Wildman–Crippen LogP) is 6.49. The standard InChI is InChI=1S/C19H20F3NO2.C10H20N2O/c1-25-17(14-8-10-15(11-9-14)18(23)24)7-3-5-13-4-2-6-16(12-13)19(20,21)22;1-5-6-10(11-4,12-8-13)7-9(2)3/h2,4,6,8-12,17H,3,5,7H2,1H3,(H2,23,24);8-9H,4-7H2,1-3H3,(H,12,13). The van der Waals surface area contributed by atoms with Crippen molar-refractivity contribution < 1.29 is 27.5 Å². The molecule has 2 atom stereocenters. The Bertz CT molecular complexity index is 1010. The monoisotopic (exact) mass is 535 g/mol. The highest BCUT2D eigenvalue weighted by Gasteiger charge is 2.30. The Hall–Kier alpha value is -3.20. The Morgan fingerprint density at radius 2 is 1.84 bits per heavy atom. The normalized spacial score (nSPS) is 13.6. The molecule has 0 aromatic heterocycles. The van der Waals surface area contributed by atoms with Gasteiger partial charge in [-0.25, -0.2) is 0 Å². The fourth-order valence-electron chi connectivity index (χ4n) is 4.30. The molecule has 2 aromatic carbocycles. The Balaban J connectivity index is 0.000000471. The minimum Gasteiger partial charge on any atom is -0.377 e. The van der Waals surface area contributed by atoms with E-state index in [0.717, 1.165) is 30.9 Å². The number of rotatable bonds is 14. The SMILES string of the molecule is C=NC(CCC)(CC(C)C)NC=O.COC(CCCc1cccc(C(F)(F)F)c1)c1ccc(C(N)=O)cc1. The third-order valence-corrected chi connectivity index (χ3v) is 6.08. The molecule has 0 aliphatic heterocycles. The third kappa shape index (κ3) is 11.0. The number of amides is 2. The smallest absolute Gasteiger partial charge is 0.377 e. The lowest BCUT2D eigenvalue weighted by Gasteiger charge is -2.30. The van der Waals surface area contributed by atoms with Gasteiger partial charge in [-0.1, -0.05) is 57.5 Å². The van der Waals surface area contributed by atoms with E-state index in [-0.39, 0.29) is 6.10 Å². The maximum Gasteiger partial charge on any atom is 0.416 e. The number of nitrogens with two attached hydrogens (primary N) is 1. The first-order valence-corrected chi connectivity index (χ1v) is 12.7. The van der Waals surface area contributed by atoms with Crippen LogP contribution in [0.15, 0.2) is 53.5 Å². The molecule has 2 aromatic rings. The topological polar surface area (TPSA) is 93.8 Å². The van der Waals surface area contributed by atoms with E-state index < -0.39 is 23.3 Å². The van der Waals surface area contributed by atoms with E-state index in [1.165, 1.54) is 12.1 Å². The van der Waals surface area contributed by atoms with E-state index in [1.54, 1.807) is 37.4 Å². The largest absolute Gasteiger partial charge is 0.416 e. The van der Waals surface area contributed by atoms with Crippen molar-refractivity contribution in [1.82, 2.24) is 5.32 Å². The summed E-state index contributed by atoms with van der Waals surface area (Å²) in [5.74, 6) is 0.00885. The van der Waals surface area contributed by atoms with Gasteiger partial charge >= 0.3 is 6.18 Å². The van der Waals surface area contributed by atoms with Crippen molar-refractivity contribution in [2.45, 2.75) is 77.2 Å². The van der Waals surface area contributed by atoms with Crippen molar-refractivity contribution in [1.29, 1.82) is 0 Å². The Labute approximate surface area is 223 Å². The zero-order chi connectivity index (χ0) is 28.8. The molecule has 6 nitrogen and oxygen atoms in total. The molecule has 2 rings (SSSR count). The van der Waals surface area contributed by atoms with Crippen LogP contribution in [0.2, 0.25) is 0 Å². The number of benzene rings is 2. The highest BCUT2D eigenvalue weighted by atomic mass is 19.4. The second-order valence-corrected chi connectivity index (χ2v) is 9.60. The number of aryl methyl sites for hydroxylation is 1. The van der Waals surface area contributed by atoms with Gasteiger partial charge in [-0.15, -0.1) is 0 Å². The van der Waals surface area contributed by atoms with Crippen molar-refractivity contribution in [2.24, 2.45) is 16.6 Å². The van der Waals surface area contributed by atoms with Crippen molar-refractivity contribution in [2.75, 3.05) is 7.11 Å². The van der Waals surface area contributed by atoms with E-state index in [4.69, 9.17) is 10.5 Å². The summed E-state index contributed by atoms with van der Waals surface area (Å²) in [7, 11) is 1.58. The van der Waals surface area contributed by atoms with Crippen LogP contribution in [-0.2, 0) is 22.1 Å².